The summed E-state index contributed by atoms with van der Waals surface area (Å²) in [6.45, 7) is 3.11. The lowest BCUT2D eigenvalue weighted by Gasteiger charge is -1.84. The van der Waals surface area contributed by atoms with Crippen LogP contribution in [0.3, 0.4) is 0 Å². The van der Waals surface area contributed by atoms with E-state index in [1.54, 1.807) is 12.4 Å². The highest BCUT2D eigenvalue weighted by Crippen LogP contribution is 1.67. The fraction of sp³-hybridized carbons (Fsp3) is 0.333. The molecular weight excluding hydrogens is 136 g/mol. The van der Waals surface area contributed by atoms with Crippen molar-refractivity contribution in [1.82, 2.24) is 4.98 Å². The molecule has 0 saturated heterocycles. The minimum atomic E-state index is 0. The molecule has 9 heavy (non-hydrogen) atoms. The maximum absolute atomic E-state index is 3.87. The molecular formula is C6H9ClN2. The Labute approximate surface area is 61.0 Å². The van der Waals surface area contributed by atoms with Crippen molar-refractivity contribution in [1.29, 1.82) is 0 Å². The molecule has 0 aliphatic heterocycles. The summed E-state index contributed by atoms with van der Waals surface area (Å²) < 4.78 is 2.06. The maximum Gasteiger partial charge on any atom is 0.187 e. The predicted octanol–water partition coefficient (Wildman–Crippen LogP) is -2.61. The van der Waals surface area contributed by atoms with E-state index >= 15 is 0 Å². The summed E-state index contributed by atoms with van der Waals surface area (Å²) in [7, 11) is 0. The Morgan fingerprint density at radius 3 is 2.22 bits per heavy atom. The Balaban J connectivity index is 0.000000640. The largest absolute Gasteiger partial charge is 1.00 e. The third-order valence-electron chi connectivity index (χ3n) is 1.05. The Morgan fingerprint density at radius 1 is 1.33 bits per heavy atom. The van der Waals surface area contributed by atoms with E-state index in [0.29, 0.717) is 0 Å². The quantitative estimate of drug-likeness (QED) is 0.395. The first-order valence-electron chi connectivity index (χ1n) is 2.72. The van der Waals surface area contributed by atoms with Gasteiger partial charge in [0.05, 0.1) is 12.4 Å². The minimum absolute atomic E-state index is 0. The second-order valence-corrected chi connectivity index (χ2v) is 1.58. The summed E-state index contributed by atoms with van der Waals surface area (Å²) in [6.07, 6.45) is 7.45. The lowest BCUT2D eigenvalue weighted by molar-refractivity contribution is -0.694. The zero-order valence-corrected chi connectivity index (χ0v) is 6.04. The zero-order chi connectivity index (χ0) is 5.82. The first-order valence-corrected chi connectivity index (χ1v) is 2.72. The molecule has 0 bridgehead atoms. The highest BCUT2D eigenvalue weighted by molar-refractivity contribution is 4.62. The van der Waals surface area contributed by atoms with Gasteiger partial charge in [0.25, 0.3) is 0 Å². The van der Waals surface area contributed by atoms with Gasteiger partial charge in [-0.1, -0.05) is 0 Å². The second-order valence-electron chi connectivity index (χ2n) is 1.58. The number of hydrogen-bond donors (Lipinski definition) is 0. The van der Waals surface area contributed by atoms with Crippen LogP contribution in [0.4, 0.5) is 0 Å². The van der Waals surface area contributed by atoms with Crippen LogP contribution < -0.4 is 17.0 Å². The normalized spacial score (nSPS) is 8.11. The van der Waals surface area contributed by atoms with Crippen LogP contribution in [-0.2, 0) is 6.54 Å². The van der Waals surface area contributed by atoms with E-state index in [4.69, 9.17) is 0 Å². The number of rotatable bonds is 1. The molecule has 0 spiro atoms. The van der Waals surface area contributed by atoms with Crippen LogP contribution in [-0.4, -0.2) is 4.98 Å². The number of nitrogens with zero attached hydrogens (tertiary/aromatic N) is 2. The lowest BCUT2D eigenvalue weighted by atomic mass is 10.6. The molecule has 0 saturated carbocycles. The second kappa shape index (κ2) is 4.27. The Hall–Kier alpha value is -0.630. The maximum atomic E-state index is 3.87. The van der Waals surface area contributed by atoms with Gasteiger partial charge < -0.3 is 12.4 Å². The molecule has 0 aliphatic carbocycles. The van der Waals surface area contributed by atoms with Crippen molar-refractivity contribution in [3.63, 3.8) is 0 Å². The SMILES string of the molecule is CC[n+]1ccncc1.[Cl-]. The molecule has 0 N–H and O–H groups in total. The average molecular weight is 145 g/mol. The van der Waals surface area contributed by atoms with Gasteiger partial charge in [-0.2, -0.15) is 0 Å². The third-order valence-corrected chi connectivity index (χ3v) is 1.05. The standard InChI is InChI=1S/C6H9N2.ClH/c1-2-8-5-3-7-4-6-8;/h3-6H,2H2,1H3;1H/q+1;/p-1. The van der Waals surface area contributed by atoms with Gasteiger partial charge in [0.2, 0.25) is 0 Å². The molecule has 0 amide bonds. The third kappa shape index (κ3) is 2.42. The topological polar surface area (TPSA) is 16.8 Å². The molecule has 0 fully saturated rings. The summed E-state index contributed by atoms with van der Waals surface area (Å²) in [5.41, 5.74) is 0. The molecule has 50 valence electrons. The van der Waals surface area contributed by atoms with Crippen molar-refractivity contribution in [2.45, 2.75) is 13.5 Å². The van der Waals surface area contributed by atoms with Crippen molar-refractivity contribution in [3.8, 4) is 0 Å². The monoisotopic (exact) mass is 144 g/mol. The number of aromatic nitrogens is 2. The van der Waals surface area contributed by atoms with Crippen LogP contribution in [0.5, 0.6) is 0 Å². The van der Waals surface area contributed by atoms with E-state index < -0.39 is 0 Å². The summed E-state index contributed by atoms with van der Waals surface area (Å²) in [5.74, 6) is 0. The molecule has 0 aromatic carbocycles. The van der Waals surface area contributed by atoms with Crippen LogP contribution in [0, 0.1) is 0 Å². The molecule has 0 aliphatic rings. The fourth-order valence-electron chi connectivity index (χ4n) is 0.558. The molecule has 1 heterocycles. The Morgan fingerprint density at radius 2 is 1.89 bits per heavy atom. The van der Waals surface area contributed by atoms with E-state index in [1.165, 1.54) is 0 Å². The van der Waals surface area contributed by atoms with Crippen molar-refractivity contribution < 1.29 is 17.0 Å². The van der Waals surface area contributed by atoms with Crippen LogP contribution in [0.25, 0.3) is 0 Å². The lowest BCUT2D eigenvalue weighted by Crippen LogP contribution is -3.00. The minimum Gasteiger partial charge on any atom is -1.00 e. The van der Waals surface area contributed by atoms with Gasteiger partial charge in [0, 0.05) is 0 Å². The van der Waals surface area contributed by atoms with Gasteiger partial charge >= 0.3 is 0 Å². The zero-order valence-electron chi connectivity index (χ0n) is 5.29. The molecule has 1 rings (SSSR count). The highest BCUT2D eigenvalue weighted by Gasteiger charge is 1.87. The number of hydrogen-bond acceptors (Lipinski definition) is 1. The molecule has 1 aromatic rings. The van der Waals surface area contributed by atoms with E-state index in [9.17, 15) is 0 Å². The van der Waals surface area contributed by atoms with E-state index in [1.807, 2.05) is 12.4 Å². The molecule has 0 radical (unpaired) electrons. The van der Waals surface area contributed by atoms with Crippen molar-refractivity contribution in [2.24, 2.45) is 0 Å². The van der Waals surface area contributed by atoms with E-state index in [2.05, 4.69) is 16.5 Å². The summed E-state index contributed by atoms with van der Waals surface area (Å²) in [4.78, 5) is 3.87. The average Bonchev–Trinajstić information content (AvgIpc) is 1.90. The Bertz CT molecular complexity index is 152. The van der Waals surface area contributed by atoms with Gasteiger partial charge in [0.1, 0.15) is 6.54 Å². The van der Waals surface area contributed by atoms with Crippen LogP contribution in [0.2, 0.25) is 0 Å². The molecule has 2 nitrogen and oxygen atoms in total. The highest BCUT2D eigenvalue weighted by atomic mass is 35.5. The molecule has 1 aromatic heterocycles. The van der Waals surface area contributed by atoms with Crippen LogP contribution in [0.15, 0.2) is 24.8 Å². The van der Waals surface area contributed by atoms with Crippen LogP contribution in [0.1, 0.15) is 6.92 Å². The fourth-order valence-corrected chi connectivity index (χ4v) is 0.558. The van der Waals surface area contributed by atoms with E-state index in [-0.39, 0.29) is 12.4 Å². The Kier molecular flexibility index (Phi) is 3.97. The summed E-state index contributed by atoms with van der Waals surface area (Å²) in [5, 5.41) is 0. The van der Waals surface area contributed by atoms with Gasteiger partial charge in [-0.15, -0.1) is 0 Å². The molecule has 0 atom stereocenters. The summed E-state index contributed by atoms with van der Waals surface area (Å²) in [6, 6.07) is 0. The predicted molar refractivity (Wildman–Crippen MR) is 30.1 cm³/mol. The van der Waals surface area contributed by atoms with Crippen molar-refractivity contribution in [2.75, 3.05) is 0 Å². The summed E-state index contributed by atoms with van der Waals surface area (Å²) >= 11 is 0. The first kappa shape index (κ1) is 8.37. The molecule has 3 heteroatoms. The van der Waals surface area contributed by atoms with Crippen LogP contribution >= 0.6 is 0 Å². The van der Waals surface area contributed by atoms with Gasteiger partial charge in [0.15, 0.2) is 12.4 Å². The first-order chi connectivity index (χ1) is 3.93. The number of halogens is 1. The van der Waals surface area contributed by atoms with Crippen molar-refractivity contribution >= 4 is 0 Å². The van der Waals surface area contributed by atoms with Gasteiger partial charge in [-0.05, 0) is 6.92 Å². The number of aryl methyl sites for hydroxylation is 1. The molecule has 0 unspecified atom stereocenters. The van der Waals surface area contributed by atoms with Gasteiger partial charge in [-0.25, -0.2) is 4.57 Å². The van der Waals surface area contributed by atoms with Crippen molar-refractivity contribution in [3.05, 3.63) is 24.8 Å². The smallest absolute Gasteiger partial charge is 0.187 e. The van der Waals surface area contributed by atoms with E-state index in [0.717, 1.165) is 6.54 Å². The van der Waals surface area contributed by atoms with Gasteiger partial charge in [-0.3, -0.25) is 4.98 Å².